The highest BCUT2D eigenvalue weighted by atomic mass is 35.5. The third-order valence-electron chi connectivity index (χ3n) is 5.18. The van der Waals surface area contributed by atoms with Crippen LogP contribution in [-0.4, -0.2) is 40.6 Å². The van der Waals surface area contributed by atoms with Gasteiger partial charge < -0.3 is 15.0 Å². The van der Waals surface area contributed by atoms with Crippen LogP contribution in [-0.2, 0) is 6.42 Å². The second-order valence-corrected chi connectivity index (χ2v) is 8.30. The first-order chi connectivity index (χ1) is 16.9. The molecule has 35 heavy (non-hydrogen) atoms. The highest BCUT2D eigenvalue weighted by Crippen LogP contribution is 2.23. The predicted molar refractivity (Wildman–Crippen MR) is 140 cm³/mol. The van der Waals surface area contributed by atoms with Crippen molar-refractivity contribution in [3.8, 4) is 5.75 Å². The maximum absolute atomic E-state index is 12.8. The number of carbonyl (C=O) groups excluding carboxylic acids is 1. The van der Waals surface area contributed by atoms with E-state index in [1.807, 2.05) is 56.4 Å². The lowest BCUT2D eigenvalue weighted by Gasteiger charge is -2.13. The van der Waals surface area contributed by atoms with Crippen LogP contribution in [0.15, 0.2) is 59.7 Å². The van der Waals surface area contributed by atoms with Gasteiger partial charge in [-0.1, -0.05) is 23.7 Å². The van der Waals surface area contributed by atoms with Gasteiger partial charge in [0.15, 0.2) is 0 Å². The number of amides is 2. The monoisotopic (exact) mass is 491 g/mol. The maximum atomic E-state index is 12.8. The van der Waals surface area contributed by atoms with E-state index in [9.17, 15) is 4.79 Å². The van der Waals surface area contributed by atoms with Crippen molar-refractivity contribution in [3.63, 3.8) is 0 Å². The Balaban J connectivity index is 1.52. The van der Waals surface area contributed by atoms with E-state index in [1.165, 1.54) is 0 Å². The molecular weight excluding hydrogens is 466 g/mol. The van der Waals surface area contributed by atoms with Crippen LogP contribution < -0.4 is 20.7 Å². The van der Waals surface area contributed by atoms with Crippen LogP contribution in [0.4, 0.5) is 16.4 Å². The molecule has 2 amide bonds. The Hall–Kier alpha value is -4.11. The van der Waals surface area contributed by atoms with Crippen molar-refractivity contribution in [2.24, 2.45) is 4.99 Å². The smallest absolute Gasteiger partial charge is 0.326 e. The van der Waals surface area contributed by atoms with Gasteiger partial charge >= 0.3 is 6.03 Å². The fraction of sp³-hybridized carbons (Fsp3) is 0.200. The minimum Gasteiger partial charge on any atom is -0.495 e. The number of rotatable bonds is 6. The Bertz CT molecular complexity index is 1360. The number of nitrogens with zero attached hydrogens (tertiary/aromatic N) is 3. The molecule has 0 bridgehead atoms. The molecule has 0 aliphatic heterocycles. The quantitative estimate of drug-likeness (QED) is 0.222. The van der Waals surface area contributed by atoms with Gasteiger partial charge in [0.2, 0.25) is 11.9 Å². The van der Waals surface area contributed by atoms with E-state index in [1.54, 1.807) is 19.2 Å². The van der Waals surface area contributed by atoms with Crippen LogP contribution >= 0.6 is 11.6 Å². The molecule has 0 atom stereocenters. The van der Waals surface area contributed by atoms with E-state index in [0.717, 1.165) is 27.9 Å². The number of nitrogens with one attached hydrogen (secondary N) is 4. The number of fused-ring (bicyclic) bond motifs is 1. The van der Waals surface area contributed by atoms with E-state index in [-0.39, 0.29) is 5.96 Å². The number of carbonyl (C=O) groups is 1. The van der Waals surface area contributed by atoms with Crippen molar-refractivity contribution in [2.45, 2.75) is 20.3 Å². The molecule has 0 saturated heterocycles. The molecule has 0 saturated carbocycles. The summed E-state index contributed by atoms with van der Waals surface area (Å²) in [4.78, 5) is 29.4. The zero-order chi connectivity index (χ0) is 24.8. The van der Waals surface area contributed by atoms with Gasteiger partial charge in [0.05, 0.1) is 12.8 Å². The fourth-order valence-corrected chi connectivity index (χ4v) is 3.82. The number of halogens is 1. The van der Waals surface area contributed by atoms with Crippen molar-refractivity contribution in [1.29, 1.82) is 0 Å². The van der Waals surface area contributed by atoms with Gasteiger partial charge in [-0.3, -0.25) is 15.6 Å². The average molecular weight is 492 g/mol. The maximum Gasteiger partial charge on any atom is 0.326 e. The second kappa shape index (κ2) is 10.9. The number of H-pyrrole nitrogens is 1. The van der Waals surface area contributed by atoms with Gasteiger partial charge in [-0.2, -0.15) is 0 Å². The Morgan fingerprint density at radius 1 is 1.09 bits per heavy atom. The lowest BCUT2D eigenvalue weighted by molar-refractivity contribution is 0.256. The van der Waals surface area contributed by atoms with Crippen LogP contribution in [0.3, 0.4) is 0 Å². The van der Waals surface area contributed by atoms with Crippen LogP contribution in [0.5, 0.6) is 5.75 Å². The minimum absolute atomic E-state index is 0.222. The Labute approximate surface area is 208 Å². The standard InChI is InChI=1S/C25H26ClN7O2/c1-15-12-16(2)30-24(29-15)32-23(33-25(34)31-21-6-4-5-7-22(21)35-3)27-11-10-17-14-28-20-9-8-18(26)13-19(17)20/h4-9,12-14,28H,10-11H2,1-3H3,(H3,27,29,30,31,32,33,34). The van der Waals surface area contributed by atoms with Gasteiger partial charge in [0.25, 0.3) is 0 Å². The van der Waals surface area contributed by atoms with E-state index in [4.69, 9.17) is 16.3 Å². The third kappa shape index (κ3) is 6.27. The third-order valence-corrected chi connectivity index (χ3v) is 5.42. The molecule has 9 nitrogen and oxygen atoms in total. The molecule has 0 aliphatic rings. The molecule has 0 aliphatic carbocycles. The Morgan fingerprint density at radius 2 is 1.86 bits per heavy atom. The number of hydrogen-bond donors (Lipinski definition) is 4. The normalized spacial score (nSPS) is 11.4. The van der Waals surface area contributed by atoms with Crippen molar-refractivity contribution in [3.05, 3.63) is 76.7 Å². The highest BCUT2D eigenvalue weighted by Gasteiger charge is 2.12. The summed E-state index contributed by atoms with van der Waals surface area (Å²) in [7, 11) is 1.54. The molecule has 2 aromatic carbocycles. The number of ether oxygens (including phenoxy) is 1. The fourth-order valence-electron chi connectivity index (χ4n) is 3.65. The summed E-state index contributed by atoms with van der Waals surface area (Å²) in [6, 6.07) is 14.2. The SMILES string of the molecule is COc1ccccc1NC(=O)NC(=NCCc1c[nH]c2ccc(Cl)cc12)Nc1nc(C)cc(C)n1. The number of aliphatic imine (C=N–C) groups is 1. The van der Waals surface area contributed by atoms with E-state index in [2.05, 4.69) is 35.9 Å². The molecule has 0 radical (unpaired) electrons. The number of aromatic amines is 1. The molecule has 0 spiro atoms. The van der Waals surface area contributed by atoms with Gasteiger partial charge in [0, 0.05) is 40.1 Å². The van der Waals surface area contributed by atoms with Crippen LogP contribution in [0.25, 0.3) is 10.9 Å². The molecule has 10 heteroatoms. The van der Waals surface area contributed by atoms with Crippen LogP contribution in [0, 0.1) is 13.8 Å². The topological polar surface area (TPSA) is 116 Å². The van der Waals surface area contributed by atoms with E-state index in [0.29, 0.717) is 35.4 Å². The molecule has 180 valence electrons. The molecule has 2 heterocycles. The number of benzene rings is 2. The summed E-state index contributed by atoms with van der Waals surface area (Å²) >= 11 is 6.16. The zero-order valence-electron chi connectivity index (χ0n) is 19.6. The average Bonchev–Trinajstić information content (AvgIpc) is 3.20. The molecule has 2 aromatic heterocycles. The summed E-state index contributed by atoms with van der Waals surface area (Å²) in [6.45, 7) is 4.16. The van der Waals surface area contributed by atoms with Gasteiger partial charge in [-0.15, -0.1) is 0 Å². The molecule has 4 aromatic rings. The van der Waals surface area contributed by atoms with Crippen molar-refractivity contribution in [1.82, 2.24) is 20.3 Å². The Kier molecular flexibility index (Phi) is 7.47. The lowest BCUT2D eigenvalue weighted by atomic mass is 10.1. The number of aryl methyl sites for hydroxylation is 2. The highest BCUT2D eigenvalue weighted by molar-refractivity contribution is 6.31. The predicted octanol–water partition coefficient (Wildman–Crippen LogP) is 5.07. The van der Waals surface area contributed by atoms with Gasteiger partial charge in [-0.05, 0) is 62.2 Å². The number of guanidine groups is 1. The second-order valence-electron chi connectivity index (χ2n) is 7.86. The zero-order valence-corrected chi connectivity index (χ0v) is 20.4. The molecule has 4 N–H and O–H groups in total. The number of methoxy groups -OCH3 is 1. The summed E-state index contributed by atoms with van der Waals surface area (Å²) in [5.41, 5.74) is 4.21. The number of anilines is 2. The van der Waals surface area contributed by atoms with Crippen molar-refractivity contribution < 1.29 is 9.53 Å². The summed E-state index contributed by atoms with van der Waals surface area (Å²) in [6.07, 6.45) is 2.58. The lowest BCUT2D eigenvalue weighted by Crippen LogP contribution is -2.39. The first-order valence-corrected chi connectivity index (χ1v) is 11.4. The summed E-state index contributed by atoms with van der Waals surface area (Å²) in [5, 5.41) is 10.3. The summed E-state index contributed by atoms with van der Waals surface area (Å²) < 4.78 is 5.30. The number of urea groups is 1. The van der Waals surface area contributed by atoms with Gasteiger partial charge in [-0.25, -0.2) is 14.8 Å². The van der Waals surface area contributed by atoms with Crippen molar-refractivity contribution in [2.75, 3.05) is 24.3 Å². The van der Waals surface area contributed by atoms with Crippen LogP contribution in [0.2, 0.25) is 5.02 Å². The minimum atomic E-state index is -0.482. The number of hydrogen-bond acceptors (Lipinski definition) is 5. The molecule has 0 fully saturated rings. The Morgan fingerprint density at radius 3 is 2.63 bits per heavy atom. The summed E-state index contributed by atoms with van der Waals surface area (Å²) in [5.74, 6) is 1.11. The number of para-hydroxylation sites is 2. The van der Waals surface area contributed by atoms with Crippen molar-refractivity contribution >= 4 is 46.1 Å². The first kappa shape index (κ1) is 24.0. The molecule has 4 rings (SSSR count). The number of aromatic nitrogens is 3. The molecule has 0 unspecified atom stereocenters. The van der Waals surface area contributed by atoms with E-state index < -0.39 is 6.03 Å². The van der Waals surface area contributed by atoms with E-state index >= 15 is 0 Å². The molecular formula is C25H26ClN7O2. The van der Waals surface area contributed by atoms with Gasteiger partial charge in [0.1, 0.15) is 5.75 Å². The largest absolute Gasteiger partial charge is 0.495 e. The van der Waals surface area contributed by atoms with Crippen LogP contribution in [0.1, 0.15) is 17.0 Å². The first-order valence-electron chi connectivity index (χ1n) is 11.0.